The van der Waals surface area contributed by atoms with E-state index in [4.69, 9.17) is 9.47 Å². The first-order valence-corrected chi connectivity index (χ1v) is 7.59. The Morgan fingerprint density at radius 3 is 2.78 bits per heavy atom. The molecular weight excluding hydrogens is 298 g/mol. The molecule has 1 fully saturated rings. The summed E-state index contributed by atoms with van der Waals surface area (Å²) in [5.74, 6) is 0. The van der Waals surface area contributed by atoms with Crippen molar-refractivity contribution >= 4 is 17.4 Å². The number of hydrogen-bond donors (Lipinski definition) is 0. The number of nitrogens with zero attached hydrogens (tertiary/aromatic N) is 5. The summed E-state index contributed by atoms with van der Waals surface area (Å²) in [7, 11) is 0. The van der Waals surface area contributed by atoms with Crippen molar-refractivity contribution in [3.05, 3.63) is 24.7 Å². The fourth-order valence-electron chi connectivity index (χ4n) is 2.38. The Balaban J connectivity index is 1.94. The third-order valence-electron chi connectivity index (χ3n) is 3.35. The van der Waals surface area contributed by atoms with Gasteiger partial charge in [0.1, 0.15) is 11.9 Å². The van der Waals surface area contributed by atoms with Gasteiger partial charge in [-0.15, -0.1) is 0 Å². The predicted octanol–water partition coefficient (Wildman–Crippen LogP) is 1.72. The van der Waals surface area contributed by atoms with Crippen molar-refractivity contribution in [3.63, 3.8) is 0 Å². The molecule has 1 aliphatic rings. The number of carbonyl (C=O) groups is 1. The van der Waals surface area contributed by atoms with Crippen molar-refractivity contribution in [1.29, 1.82) is 0 Å². The molecule has 23 heavy (non-hydrogen) atoms. The van der Waals surface area contributed by atoms with Crippen molar-refractivity contribution in [3.8, 4) is 0 Å². The Morgan fingerprint density at radius 2 is 2.09 bits per heavy atom. The lowest BCUT2D eigenvalue weighted by Gasteiger charge is -2.37. The van der Waals surface area contributed by atoms with Crippen LogP contribution in [0.15, 0.2) is 24.7 Å². The van der Waals surface area contributed by atoms with Gasteiger partial charge in [0.05, 0.1) is 18.9 Å². The molecule has 3 rings (SSSR count). The molecule has 0 aliphatic carbocycles. The van der Waals surface area contributed by atoms with Gasteiger partial charge in [0, 0.05) is 25.4 Å². The van der Waals surface area contributed by atoms with Crippen molar-refractivity contribution in [1.82, 2.24) is 19.6 Å². The summed E-state index contributed by atoms with van der Waals surface area (Å²) in [5.41, 5.74) is 0.798. The summed E-state index contributed by atoms with van der Waals surface area (Å²) in [5, 5.41) is 7.56. The number of hydrogen-bond acceptors (Lipinski definition) is 6. The molecule has 1 saturated heterocycles. The van der Waals surface area contributed by atoms with Crippen LogP contribution in [0, 0.1) is 0 Å². The first-order valence-electron chi connectivity index (χ1n) is 7.59. The van der Waals surface area contributed by atoms with Crippen LogP contribution in [0.5, 0.6) is 0 Å². The third kappa shape index (κ3) is 3.59. The summed E-state index contributed by atoms with van der Waals surface area (Å²) >= 11 is 0. The van der Waals surface area contributed by atoms with Crippen LogP contribution in [0.3, 0.4) is 0 Å². The zero-order valence-electron chi connectivity index (χ0n) is 13.6. The molecule has 2 aromatic heterocycles. The predicted molar refractivity (Wildman–Crippen MR) is 84.1 cm³/mol. The van der Waals surface area contributed by atoms with Crippen LogP contribution in [-0.4, -0.2) is 57.6 Å². The van der Waals surface area contributed by atoms with Crippen molar-refractivity contribution in [2.45, 2.75) is 26.4 Å². The third-order valence-corrected chi connectivity index (χ3v) is 3.35. The number of carbonyl (C=O) groups excluding carboxylic acids is 1. The molecular formula is C15H21N5O3. The first kappa shape index (κ1) is 15.7. The molecule has 0 atom stereocenters. The minimum atomic E-state index is -0.569. The van der Waals surface area contributed by atoms with Gasteiger partial charge in [-0.05, 0) is 26.8 Å². The van der Waals surface area contributed by atoms with Crippen LogP contribution in [0.2, 0.25) is 0 Å². The van der Waals surface area contributed by atoms with Crippen molar-refractivity contribution in [2.24, 2.45) is 0 Å². The first-order chi connectivity index (χ1) is 10.9. The molecule has 1 aliphatic heterocycles. The van der Waals surface area contributed by atoms with E-state index >= 15 is 0 Å². The fraction of sp³-hybridized carbons (Fsp3) is 0.533. The molecule has 2 aromatic rings. The van der Waals surface area contributed by atoms with Gasteiger partial charge < -0.3 is 9.47 Å². The summed E-state index contributed by atoms with van der Waals surface area (Å²) in [4.78, 5) is 16.9. The molecule has 0 aromatic carbocycles. The Kier molecular flexibility index (Phi) is 4.18. The molecule has 0 bridgehead atoms. The molecule has 1 amide bonds. The van der Waals surface area contributed by atoms with Crippen LogP contribution in [0.4, 0.5) is 10.5 Å². The fourth-order valence-corrected chi connectivity index (χ4v) is 2.38. The van der Waals surface area contributed by atoms with Crippen LogP contribution in [0.1, 0.15) is 20.8 Å². The number of fused-ring (bicyclic) bond motifs is 1. The van der Waals surface area contributed by atoms with Crippen LogP contribution >= 0.6 is 0 Å². The monoisotopic (exact) mass is 319 g/mol. The largest absolute Gasteiger partial charge is 0.442 e. The van der Waals surface area contributed by atoms with Gasteiger partial charge in [0.15, 0.2) is 5.65 Å². The van der Waals surface area contributed by atoms with E-state index in [2.05, 4.69) is 10.1 Å². The number of hydrazine groups is 1. The lowest BCUT2D eigenvalue weighted by Crippen LogP contribution is -2.53. The summed E-state index contributed by atoms with van der Waals surface area (Å²) < 4.78 is 12.6. The number of pyridine rings is 1. The van der Waals surface area contributed by atoms with Gasteiger partial charge in [-0.1, -0.05) is 0 Å². The van der Waals surface area contributed by atoms with Crippen LogP contribution in [-0.2, 0) is 9.47 Å². The van der Waals surface area contributed by atoms with Crippen LogP contribution in [0.25, 0.3) is 5.65 Å². The van der Waals surface area contributed by atoms with Crippen molar-refractivity contribution in [2.75, 3.05) is 31.3 Å². The highest BCUT2D eigenvalue weighted by molar-refractivity contribution is 5.87. The molecule has 124 valence electrons. The van der Waals surface area contributed by atoms with Gasteiger partial charge in [-0.25, -0.2) is 24.3 Å². The van der Waals surface area contributed by atoms with E-state index in [1.807, 2.05) is 37.9 Å². The number of ether oxygens (including phenoxy) is 2. The van der Waals surface area contributed by atoms with Gasteiger partial charge in [0.25, 0.3) is 0 Å². The highest BCUT2D eigenvalue weighted by Crippen LogP contribution is 2.22. The Bertz CT molecular complexity index is 688. The van der Waals surface area contributed by atoms with E-state index in [0.29, 0.717) is 37.6 Å². The second-order valence-corrected chi connectivity index (χ2v) is 6.31. The standard InChI is InChI=1S/C15H21N5O3/c1-15(2,3)23-14(21)20(18-6-8-22-9-7-18)12-4-5-19-13(10-12)16-11-17-19/h4-5,10-11H,6-9H2,1-3H3. The number of anilines is 1. The SMILES string of the molecule is CC(C)(C)OC(=O)N(c1ccn2ncnc2c1)N1CCOCC1. The topological polar surface area (TPSA) is 72.2 Å². The van der Waals surface area contributed by atoms with E-state index in [9.17, 15) is 4.79 Å². The number of amides is 1. The lowest BCUT2D eigenvalue weighted by atomic mass is 10.2. The maximum Gasteiger partial charge on any atom is 0.429 e. The molecule has 8 nitrogen and oxygen atoms in total. The summed E-state index contributed by atoms with van der Waals surface area (Å²) in [6, 6.07) is 3.63. The van der Waals surface area contributed by atoms with Crippen molar-refractivity contribution < 1.29 is 14.3 Å². The highest BCUT2D eigenvalue weighted by atomic mass is 16.6. The van der Waals surface area contributed by atoms with E-state index in [-0.39, 0.29) is 0 Å². The average molecular weight is 319 g/mol. The molecule has 0 N–H and O–H groups in total. The molecule has 8 heteroatoms. The van der Waals surface area contributed by atoms with Gasteiger partial charge in [-0.3, -0.25) is 0 Å². The second kappa shape index (κ2) is 6.13. The van der Waals surface area contributed by atoms with E-state index in [1.165, 1.54) is 6.33 Å². The number of aromatic nitrogens is 3. The quantitative estimate of drug-likeness (QED) is 0.839. The van der Waals surface area contributed by atoms with Gasteiger partial charge in [-0.2, -0.15) is 5.10 Å². The van der Waals surface area contributed by atoms with E-state index in [0.717, 1.165) is 0 Å². The summed E-state index contributed by atoms with van der Waals surface area (Å²) in [6.45, 7) is 7.95. The smallest absolute Gasteiger partial charge is 0.429 e. The Morgan fingerprint density at radius 1 is 1.35 bits per heavy atom. The molecule has 0 unspecified atom stereocenters. The second-order valence-electron chi connectivity index (χ2n) is 6.31. The molecule has 0 spiro atoms. The minimum Gasteiger partial charge on any atom is -0.442 e. The average Bonchev–Trinajstić information content (AvgIpc) is 2.94. The van der Waals surface area contributed by atoms with E-state index < -0.39 is 11.7 Å². The maximum absolute atomic E-state index is 12.7. The Hall–Kier alpha value is -2.19. The van der Waals surface area contributed by atoms with Gasteiger partial charge >= 0.3 is 6.09 Å². The summed E-state index contributed by atoms with van der Waals surface area (Å²) in [6.07, 6.45) is 2.84. The van der Waals surface area contributed by atoms with E-state index in [1.54, 1.807) is 15.7 Å². The lowest BCUT2D eigenvalue weighted by molar-refractivity contribution is 0.0134. The highest BCUT2D eigenvalue weighted by Gasteiger charge is 2.29. The van der Waals surface area contributed by atoms with Crippen LogP contribution < -0.4 is 5.01 Å². The zero-order valence-corrected chi connectivity index (χ0v) is 13.6. The van der Waals surface area contributed by atoms with Gasteiger partial charge in [0.2, 0.25) is 0 Å². The number of morpholine rings is 1. The molecule has 0 radical (unpaired) electrons. The minimum absolute atomic E-state index is 0.414. The number of rotatable bonds is 2. The molecule has 0 saturated carbocycles. The Labute approximate surface area is 134 Å². The zero-order chi connectivity index (χ0) is 16.4. The normalized spacial score (nSPS) is 16.5. The molecule has 3 heterocycles. The maximum atomic E-state index is 12.7.